The lowest BCUT2D eigenvalue weighted by Crippen LogP contribution is -2.61. The van der Waals surface area contributed by atoms with Gasteiger partial charge < -0.3 is 4.90 Å². The highest BCUT2D eigenvalue weighted by Gasteiger charge is 2.62. The van der Waals surface area contributed by atoms with Crippen LogP contribution in [0.15, 0.2) is 127 Å². The van der Waals surface area contributed by atoms with Gasteiger partial charge in [-0.3, -0.25) is 4.79 Å². The summed E-state index contributed by atoms with van der Waals surface area (Å²) in [5, 5.41) is 3.66. The molecule has 2 aliphatic rings. The summed E-state index contributed by atoms with van der Waals surface area (Å²) < 4.78 is 0. The Morgan fingerprint density at radius 1 is 0.721 bits per heavy atom. The topological polar surface area (TPSA) is 20.3 Å². The van der Waals surface area contributed by atoms with E-state index in [1.807, 2.05) is 42.5 Å². The van der Waals surface area contributed by atoms with Crippen molar-refractivity contribution in [2.45, 2.75) is 24.8 Å². The van der Waals surface area contributed by atoms with Crippen LogP contribution in [-0.4, -0.2) is 18.4 Å². The first kappa shape index (κ1) is 27.7. The quantitative estimate of drug-likeness (QED) is 0.191. The van der Waals surface area contributed by atoms with Crippen LogP contribution in [0.2, 0.25) is 10.0 Å². The number of nitrogens with zero attached hydrogens (tertiary/aromatic N) is 1. The number of fused-ring (bicyclic) bond motifs is 3. The highest BCUT2D eigenvalue weighted by atomic mass is 35.5. The molecule has 0 saturated carbocycles. The molecule has 0 radical (unpaired) electrons. The Labute approximate surface area is 262 Å². The van der Waals surface area contributed by atoms with Gasteiger partial charge in [-0.1, -0.05) is 116 Å². The normalized spacial score (nSPS) is 20.6. The number of halogens is 2. The standard InChI is InChI=1S/C39H31Cl2NO/c1-38(2)34-22-17-27-11-7-8-12-32(27)36(34)42(3)39(38)24-29(25-13-18-30(40)19-14-25)23-33(26-9-5-4-6-10-26)35(39)37(43)28-15-20-31(41)21-16-28/h4-24,35H,1-3H3. The van der Waals surface area contributed by atoms with Crippen molar-refractivity contribution in [3.05, 3.63) is 160 Å². The number of hydrogen-bond donors (Lipinski definition) is 0. The molecule has 0 fully saturated rings. The smallest absolute Gasteiger partial charge is 0.173 e. The molecule has 0 aromatic heterocycles. The molecule has 1 spiro atoms. The average molecular weight is 601 g/mol. The number of Topliss-reactive ketones (excluding diaryl/α,β-unsaturated/α-hetero) is 1. The van der Waals surface area contributed by atoms with Crippen LogP contribution < -0.4 is 4.90 Å². The summed E-state index contributed by atoms with van der Waals surface area (Å²) in [6.07, 6.45) is 4.54. The summed E-state index contributed by atoms with van der Waals surface area (Å²) in [6, 6.07) is 38.6. The molecule has 212 valence electrons. The van der Waals surface area contributed by atoms with E-state index in [1.54, 1.807) is 12.1 Å². The fraction of sp³-hybridized carbons (Fsp3) is 0.154. The minimum atomic E-state index is -0.745. The molecule has 0 amide bonds. The second-order valence-corrected chi connectivity index (χ2v) is 12.9. The number of allylic oxidation sites excluding steroid dienone is 2. The maximum Gasteiger partial charge on any atom is 0.173 e. The lowest BCUT2D eigenvalue weighted by Gasteiger charge is -2.52. The second kappa shape index (κ2) is 10.3. The Morgan fingerprint density at radius 2 is 1.35 bits per heavy atom. The van der Waals surface area contributed by atoms with Gasteiger partial charge in [0.05, 0.1) is 11.5 Å². The van der Waals surface area contributed by atoms with E-state index in [-0.39, 0.29) is 5.78 Å². The first-order valence-corrected chi connectivity index (χ1v) is 15.3. The zero-order chi connectivity index (χ0) is 29.9. The lowest BCUT2D eigenvalue weighted by atomic mass is 9.57. The zero-order valence-electron chi connectivity index (χ0n) is 24.3. The third-order valence-corrected chi connectivity index (χ3v) is 10.1. The van der Waals surface area contributed by atoms with Gasteiger partial charge in [0.1, 0.15) is 0 Å². The monoisotopic (exact) mass is 599 g/mol. The number of likely N-dealkylation sites (N-methyl/N-ethyl adjacent to an activating group) is 1. The number of ketones is 1. The van der Waals surface area contributed by atoms with E-state index < -0.39 is 16.9 Å². The maximum absolute atomic E-state index is 15.0. The molecule has 7 rings (SSSR count). The van der Waals surface area contributed by atoms with Crippen molar-refractivity contribution in [1.29, 1.82) is 0 Å². The summed E-state index contributed by atoms with van der Waals surface area (Å²) in [5.74, 6) is -0.450. The van der Waals surface area contributed by atoms with Crippen molar-refractivity contribution in [2.75, 3.05) is 11.9 Å². The van der Waals surface area contributed by atoms with Gasteiger partial charge in [0.25, 0.3) is 0 Å². The number of benzene rings is 5. The van der Waals surface area contributed by atoms with E-state index in [0.29, 0.717) is 15.6 Å². The van der Waals surface area contributed by atoms with Crippen molar-refractivity contribution in [3.8, 4) is 0 Å². The van der Waals surface area contributed by atoms with E-state index in [4.69, 9.17) is 23.2 Å². The minimum Gasteiger partial charge on any atom is -0.363 e. The van der Waals surface area contributed by atoms with Crippen molar-refractivity contribution < 1.29 is 4.79 Å². The van der Waals surface area contributed by atoms with Crippen LogP contribution in [0.5, 0.6) is 0 Å². The van der Waals surface area contributed by atoms with Gasteiger partial charge in [0.2, 0.25) is 0 Å². The Morgan fingerprint density at radius 3 is 2.05 bits per heavy atom. The Balaban J connectivity index is 1.57. The molecule has 43 heavy (non-hydrogen) atoms. The largest absolute Gasteiger partial charge is 0.363 e. The van der Waals surface area contributed by atoms with Gasteiger partial charge >= 0.3 is 0 Å². The Kier molecular flexibility index (Phi) is 6.61. The molecule has 5 aromatic carbocycles. The van der Waals surface area contributed by atoms with Crippen LogP contribution in [0.25, 0.3) is 21.9 Å². The highest BCUT2D eigenvalue weighted by Crippen LogP contribution is 2.61. The molecular formula is C39H31Cl2NO. The third kappa shape index (κ3) is 4.19. The molecule has 0 saturated heterocycles. The van der Waals surface area contributed by atoms with Gasteiger partial charge in [0, 0.05) is 39.1 Å². The SMILES string of the molecule is CN1c2c(ccc3ccccc23)C(C)(C)C12C=C(c1ccc(Cl)cc1)C=C(c1ccccc1)C2C(=O)c1ccc(Cl)cc1. The van der Waals surface area contributed by atoms with Gasteiger partial charge in [-0.05, 0) is 81.8 Å². The molecule has 2 atom stereocenters. The zero-order valence-corrected chi connectivity index (χ0v) is 25.8. The maximum atomic E-state index is 15.0. The van der Waals surface area contributed by atoms with Crippen molar-refractivity contribution in [3.63, 3.8) is 0 Å². The van der Waals surface area contributed by atoms with Crippen LogP contribution in [0.4, 0.5) is 5.69 Å². The van der Waals surface area contributed by atoms with Gasteiger partial charge in [-0.15, -0.1) is 0 Å². The number of carbonyl (C=O) groups excluding carboxylic acids is 1. The average Bonchev–Trinajstić information content (AvgIpc) is 3.19. The van der Waals surface area contributed by atoms with E-state index >= 15 is 4.79 Å². The van der Waals surface area contributed by atoms with Crippen molar-refractivity contribution in [2.24, 2.45) is 5.92 Å². The van der Waals surface area contributed by atoms with E-state index in [1.165, 1.54) is 16.3 Å². The predicted molar refractivity (Wildman–Crippen MR) is 181 cm³/mol. The fourth-order valence-corrected chi connectivity index (χ4v) is 7.69. The van der Waals surface area contributed by atoms with Crippen LogP contribution in [0.1, 0.15) is 40.9 Å². The van der Waals surface area contributed by atoms with Gasteiger partial charge in [-0.2, -0.15) is 0 Å². The second-order valence-electron chi connectivity index (χ2n) is 12.1. The first-order chi connectivity index (χ1) is 20.7. The van der Waals surface area contributed by atoms with E-state index in [9.17, 15) is 0 Å². The van der Waals surface area contributed by atoms with Crippen LogP contribution in [-0.2, 0) is 5.41 Å². The lowest BCUT2D eigenvalue weighted by molar-refractivity contribution is 0.0885. The van der Waals surface area contributed by atoms with Gasteiger partial charge in [-0.25, -0.2) is 0 Å². The number of anilines is 1. The number of hydrogen-bond acceptors (Lipinski definition) is 2. The van der Waals surface area contributed by atoms with E-state index in [2.05, 4.69) is 98.6 Å². The van der Waals surface area contributed by atoms with Crippen LogP contribution in [0.3, 0.4) is 0 Å². The Hall–Kier alpha value is -4.11. The summed E-state index contributed by atoms with van der Waals surface area (Å²) in [6.45, 7) is 4.58. The molecule has 1 aliphatic carbocycles. The minimum absolute atomic E-state index is 0.0650. The van der Waals surface area contributed by atoms with Crippen LogP contribution in [0, 0.1) is 5.92 Å². The summed E-state index contributed by atoms with van der Waals surface area (Å²) in [4.78, 5) is 17.4. The van der Waals surface area contributed by atoms with E-state index in [0.717, 1.165) is 28.0 Å². The molecule has 0 bridgehead atoms. The molecule has 4 heteroatoms. The molecule has 0 N–H and O–H groups in total. The summed E-state index contributed by atoms with van der Waals surface area (Å²) >= 11 is 12.6. The molecule has 5 aromatic rings. The summed E-state index contributed by atoms with van der Waals surface area (Å²) in [7, 11) is 2.16. The molecule has 2 unspecified atom stereocenters. The van der Waals surface area contributed by atoms with Gasteiger partial charge in [0.15, 0.2) is 5.78 Å². The predicted octanol–water partition coefficient (Wildman–Crippen LogP) is 10.3. The molecule has 1 aliphatic heterocycles. The van der Waals surface area contributed by atoms with Crippen molar-refractivity contribution in [1.82, 2.24) is 0 Å². The molecular weight excluding hydrogens is 569 g/mol. The summed E-state index contributed by atoms with van der Waals surface area (Å²) in [5.41, 5.74) is 5.96. The number of rotatable bonds is 4. The molecule has 2 nitrogen and oxygen atoms in total. The highest BCUT2D eigenvalue weighted by molar-refractivity contribution is 6.31. The Bertz CT molecular complexity index is 1940. The third-order valence-electron chi connectivity index (χ3n) is 9.58. The van der Waals surface area contributed by atoms with Crippen molar-refractivity contribution >= 4 is 56.6 Å². The molecule has 1 heterocycles. The number of carbonyl (C=O) groups is 1. The first-order valence-electron chi connectivity index (χ1n) is 14.5. The van der Waals surface area contributed by atoms with Crippen LogP contribution >= 0.6 is 23.2 Å². The fourth-order valence-electron chi connectivity index (χ4n) is 7.43.